The molecule has 0 saturated carbocycles. The van der Waals surface area contributed by atoms with E-state index in [-0.39, 0.29) is 21.8 Å². The van der Waals surface area contributed by atoms with Gasteiger partial charge in [-0.2, -0.15) is 0 Å². The van der Waals surface area contributed by atoms with Crippen molar-refractivity contribution < 1.29 is 10.2 Å². The average Bonchev–Trinajstić information content (AvgIpc) is 2.59. The Kier molecular flexibility index (Phi) is 4.02. The molecule has 96 valence electrons. The first-order chi connectivity index (χ1) is 8.45. The summed E-state index contributed by atoms with van der Waals surface area (Å²) in [6, 6.07) is 4.36. The first-order valence-corrected chi connectivity index (χ1v) is 7.04. The van der Waals surface area contributed by atoms with E-state index in [1.165, 1.54) is 22.8 Å². The van der Waals surface area contributed by atoms with Gasteiger partial charge in [0.25, 0.3) is 0 Å². The predicted molar refractivity (Wildman–Crippen MR) is 76.8 cm³/mol. The lowest BCUT2D eigenvalue weighted by molar-refractivity contribution is 0.401. The summed E-state index contributed by atoms with van der Waals surface area (Å²) >= 11 is 21.0. The van der Waals surface area contributed by atoms with Crippen LogP contribution >= 0.6 is 50.7 Å². The number of alkyl halides is 1. The zero-order valence-corrected chi connectivity index (χ0v) is 12.6. The van der Waals surface area contributed by atoms with Gasteiger partial charge in [0, 0.05) is 17.0 Å². The monoisotopic (exact) mass is 369 g/mol. The summed E-state index contributed by atoms with van der Waals surface area (Å²) in [6.45, 7) is 0. The van der Waals surface area contributed by atoms with Crippen molar-refractivity contribution in [2.75, 3.05) is 0 Å². The van der Waals surface area contributed by atoms with Gasteiger partial charge in [-0.15, -0.1) is 0 Å². The maximum atomic E-state index is 9.99. The zero-order chi connectivity index (χ0) is 13.4. The highest BCUT2D eigenvalue weighted by molar-refractivity contribution is 9.08. The lowest BCUT2D eigenvalue weighted by Gasteiger charge is -2.10. The van der Waals surface area contributed by atoms with E-state index in [1.54, 1.807) is 0 Å². The zero-order valence-electron chi connectivity index (χ0n) is 8.79. The summed E-state index contributed by atoms with van der Waals surface area (Å²) in [6.07, 6.45) is 0. The topological polar surface area (TPSA) is 45.4 Å². The minimum atomic E-state index is -0.137. The van der Waals surface area contributed by atoms with Crippen molar-refractivity contribution >= 4 is 50.7 Å². The molecule has 18 heavy (non-hydrogen) atoms. The lowest BCUT2D eigenvalue weighted by atomic mass is 10.3. The van der Waals surface area contributed by atoms with Crippen LogP contribution in [0.15, 0.2) is 18.2 Å². The molecule has 3 nitrogen and oxygen atoms in total. The molecule has 0 fully saturated rings. The van der Waals surface area contributed by atoms with Gasteiger partial charge < -0.3 is 10.2 Å². The fraction of sp³-hybridized carbons (Fsp3) is 0.0909. The molecule has 0 aliphatic rings. The van der Waals surface area contributed by atoms with E-state index in [0.29, 0.717) is 21.6 Å². The van der Waals surface area contributed by atoms with E-state index >= 15 is 0 Å². The smallest absolute Gasteiger partial charge is 0.202 e. The highest BCUT2D eigenvalue weighted by Crippen LogP contribution is 2.38. The Balaban J connectivity index is 2.69. The normalized spacial score (nSPS) is 10.9. The third kappa shape index (κ3) is 2.30. The molecule has 2 aromatic rings. The van der Waals surface area contributed by atoms with E-state index in [1.807, 2.05) is 0 Å². The van der Waals surface area contributed by atoms with Crippen LogP contribution in [0.2, 0.25) is 15.1 Å². The molecule has 0 radical (unpaired) electrons. The first kappa shape index (κ1) is 13.9. The standard InChI is InChI=1S/C11H7BrCl3NO2/c12-4-5-1-10(17)16(11(5)18)9-3-7(14)6(13)2-8(9)15/h1-3,17-18H,4H2. The van der Waals surface area contributed by atoms with Crippen molar-refractivity contribution in [3.8, 4) is 17.4 Å². The number of aromatic hydroxyl groups is 2. The molecule has 7 heteroatoms. The van der Waals surface area contributed by atoms with Gasteiger partial charge in [-0.25, -0.2) is 4.57 Å². The van der Waals surface area contributed by atoms with E-state index < -0.39 is 0 Å². The van der Waals surface area contributed by atoms with Crippen LogP contribution in [0.25, 0.3) is 5.69 Å². The summed E-state index contributed by atoms with van der Waals surface area (Å²) in [4.78, 5) is 0. The minimum absolute atomic E-state index is 0.107. The van der Waals surface area contributed by atoms with Crippen LogP contribution in [0.4, 0.5) is 0 Å². The third-order valence-electron chi connectivity index (χ3n) is 2.41. The van der Waals surface area contributed by atoms with E-state index in [0.717, 1.165) is 0 Å². The Bertz CT molecular complexity index is 613. The number of nitrogens with zero attached hydrogens (tertiary/aromatic N) is 1. The van der Waals surface area contributed by atoms with Crippen molar-refractivity contribution in [1.82, 2.24) is 4.57 Å². The maximum absolute atomic E-state index is 9.99. The molecule has 0 aliphatic carbocycles. The van der Waals surface area contributed by atoms with Gasteiger partial charge in [0.2, 0.25) is 5.88 Å². The van der Waals surface area contributed by atoms with Crippen LogP contribution in [0.5, 0.6) is 11.8 Å². The minimum Gasteiger partial charge on any atom is -0.494 e. The SMILES string of the molecule is Oc1cc(CBr)c(O)n1-c1cc(Cl)c(Cl)cc1Cl. The van der Waals surface area contributed by atoms with Gasteiger partial charge in [-0.05, 0) is 12.1 Å². The van der Waals surface area contributed by atoms with Crippen molar-refractivity contribution in [3.05, 3.63) is 38.8 Å². The van der Waals surface area contributed by atoms with E-state index in [4.69, 9.17) is 34.8 Å². The Morgan fingerprint density at radius 2 is 1.61 bits per heavy atom. The molecule has 0 amide bonds. The fourth-order valence-electron chi connectivity index (χ4n) is 1.56. The summed E-state index contributed by atoms with van der Waals surface area (Å²) in [7, 11) is 0. The molecule has 0 unspecified atom stereocenters. The largest absolute Gasteiger partial charge is 0.494 e. The molecule has 0 aliphatic heterocycles. The summed E-state index contributed by atoms with van der Waals surface area (Å²) in [5.74, 6) is -0.244. The maximum Gasteiger partial charge on any atom is 0.202 e. The number of aromatic nitrogens is 1. The van der Waals surface area contributed by atoms with Crippen LogP contribution in [-0.2, 0) is 5.33 Å². The van der Waals surface area contributed by atoms with Crippen LogP contribution in [-0.4, -0.2) is 14.8 Å². The molecule has 2 N–H and O–H groups in total. The van der Waals surface area contributed by atoms with Crippen LogP contribution in [0.1, 0.15) is 5.56 Å². The highest BCUT2D eigenvalue weighted by Gasteiger charge is 2.17. The highest BCUT2D eigenvalue weighted by atomic mass is 79.9. The molecule has 1 heterocycles. The van der Waals surface area contributed by atoms with Crippen molar-refractivity contribution in [1.29, 1.82) is 0 Å². The average molecular weight is 371 g/mol. The lowest BCUT2D eigenvalue weighted by Crippen LogP contribution is -1.94. The number of halogens is 4. The summed E-state index contributed by atoms with van der Waals surface area (Å²) in [5, 5.41) is 21.1. The molecule has 0 spiro atoms. The second-order valence-corrected chi connectivity index (χ2v) is 5.32. The van der Waals surface area contributed by atoms with E-state index in [2.05, 4.69) is 15.9 Å². The van der Waals surface area contributed by atoms with Gasteiger partial charge >= 0.3 is 0 Å². The summed E-state index contributed by atoms with van der Waals surface area (Å²) < 4.78 is 1.20. The Morgan fingerprint density at radius 1 is 1.00 bits per heavy atom. The van der Waals surface area contributed by atoms with Crippen molar-refractivity contribution in [2.24, 2.45) is 0 Å². The Labute approximate surface area is 127 Å². The number of hydrogen-bond acceptors (Lipinski definition) is 2. The Hall–Kier alpha value is -0.550. The van der Waals surface area contributed by atoms with E-state index in [9.17, 15) is 10.2 Å². The van der Waals surface area contributed by atoms with Crippen LogP contribution < -0.4 is 0 Å². The molecule has 0 saturated heterocycles. The second kappa shape index (κ2) is 5.21. The first-order valence-electron chi connectivity index (χ1n) is 4.79. The van der Waals surface area contributed by atoms with Crippen molar-refractivity contribution in [3.63, 3.8) is 0 Å². The van der Waals surface area contributed by atoms with Crippen LogP contribution in [0, 0.1) is 0 Å². The predicted octanol–water partition coefficient (Wildman–Crippen LogP) is 4.74. The molecule has 0 bridgehead atoms. The third-order valence-corrected chi connectivity index (χ3v) is 4.04. The summed E-state index contributed by atoms with van der Waals surface area (Å²) in [5.41, 5.74) is 0.892. The second-order valence-electron chi connectivity index (χ2n) is 3.54. The van der Waals surface area contributed by atoms with Gasteiger partial charge in [0.1, 0.15) is 0 Å². The van der Waals surface area contributed by atoms with Gasteiger partial charge in [0.05, 0.1) is 20.8 Å². The van der Waals surface area contributed by atoms with Crippen LogP contribution in [0.3, 0.4) is 0 Å². The molecule has 1 aromatic heterocycles. The molecule has 0 atom stereocenters. The quantitative estimate of drug-likeness (QED) is 0.591. The van der Waals surface area contributed by atoms with Gasteiger partial charge in [-0.3, -0.25) is 0 Å². The Morgan fingerprint density at radius 3 is 2.17 bits per heavy atom. The van der Waals surface area contributed by atoms with Crippen molar-refractivity contribution in [2.45, 2.75) is 5.33 Å². The molecule has 1 aromatic carbocycles. The number of rotatable bonds is 2. The number of benzene rings is 1. The molecule has 2 rings (SSSR count). The van der Waals surface area contributed by atoms with Gasteiger partial charge in [-0.1, -0.05) is 50.7 Å². The fourth-order valence-corrected chi connectivity index (χ4v) is 2.59. The molecular formula is C11H7BrCl3NO2. The molecular weight excluding hydrogens is 364 g/mol. The van der Waals surface area contributed by atoms with Gasteiger partial charge in [0.15, 0.2) is 5.88 Å². The number of hydrogen-bond donors (Lipinski definition) is 2.